The smallest absolute Gasteiger partial charge is 0.224 e. The van der Waals surface area contributed by atoms with Crippen LogP contribution in [0.15, 0.2) is 4.99 Å². The lowest BCUT2D eigenvalue weighted by Gasteiger charge is -2.19. The van der Waals surface area contributed by atoms with Crippen LogP contribution in [0.3, 0.4) is 0 Å². The molecule has 0 aromatic carbocycles. The Morgan fingerprint density at radius 2 is 1.76 bits per heavy atom. The summed E-state index contributed by atoms with van der Waals surface area (Å²) in [5.74, 6) is 1.01. The van der Waals surface area contributed by atoms with Gasteiger partial charge in [-0.15, -0.1) is 0 Å². The summed E-state index contributed by atoms with van der Waals surface area (Å²) in [6.45, 7) is 8.93. The third kappa shape index (κ3) is 6.14. The van der Waals surface area contributed by atoms with Crippen molar-refractivity contribution < 1.29 is 4.79 Å². The predicted molar refractivity (Wildman–Crippen MR) is 72.2 cm³/mol. The second-order valence-electron chi connectivity index (χ2n) is 3.95. The van der Waals surface area contributed by atoms with E-state index < -0.39 is 0 Å². The Bertz CT molecular complexity index is 247. The van der Waals surface area contributed by atoms with E-state index in [2.05, 4.69) is 10.3 Å². The zero-order chi connectivity index (χ0) is 13.3. The number of hydrogen-bond donors (Lipinski definition) is 1. The maximum absolute atomic E-state index is 11.7. The van der Waals surface area contributed by atoms with Crippen LogP contribution in [0.4, 0.5) is 0 Å². The minimum atomic E-state index is 0.174. The highest BCUT2D eigenvalue weighted by molar-refractivity contribution is 5.80. The Balaban J connectivity index is 4.17. The molecule has 0 heterocycles. The first-order valence-electron chi connectivity index (χ1n) is 6.30. The number of guanidine groups is 1. The van der Waals surface area contributed by atoms with Gasteiger partial charge in [0.25, 0.3) is 0 Å². The van der Waals surface area contributed by atoms with Gasteiger partial charge in [-0.3, -0.25) is 9.79 Å². The first-order valence-corrected chi connectivity index (χ1v) is 6.30. The van der Waals surface area contributed by atoms with Gasteiger partial charge < -0.3 is 15.1 Å². The van der Waals surface area contributed by atoms with Crippen molar-refractivity contribution in [3.8, 4) is 0 Å². The molecule has 0 saturated carbocycles. The Kier molecular flexibility index (Phi) is 8.19. The fourth-order valence-corrected chi connectivity index (χ4v) is 1.51. The van der Waals surface area contributed by atoms with E-state index in [4.69, 9.17) is 0 Å². The normalized spacial score (nSPS) is 11.2. The zero-order valence-electron chi connectivity index (χ0n) is 11.8. The molecule has 0 unspecified atom stereocenters. The van der Waals surface area contributed by atoms with Crippen molar-refractivity contribution in [1.82, 2.24) is 15.1 Å². The molecule has 100 valence electrons. The van der Waals surface area contributed by atoms with Gasteiger partial charge >= 0.3 is 0 Å². The maximum atomic E-state index is 11.7. The van der Waals surface area contributed by atoms with E-state index in [1.807, 2.05) is 44.7 Å². The van der Waals surface area contributed by atoms with Gasteiger partial charge in [0, 0.05) is 40.2 Å². The first kappa shape index (κ1) is 15.7. The predicted octanol–water partition coefficient (Wildman–Crippen LogP) is 0.772. The monoisotopic (exact) mass is 242 g/mol. The molecular weight excluding hydrogens is 216 g/mol. The molecule has 17 heavy (non-hydrogen) atoms. The number of hydrogen-bond acceptors (Lipinski definition) is 2. The molecule has 0 spiro atoms. The molecule has 0 aliphatic rings. The van der Waals surface area contributed by atoms with Crippen molar-refractivity contribution >= 4 is 11.9 Å². The molecule has 0 aromatic rings. The van der Waals surface area contributed by atoms with E-state index in [0.717, 1.165) is 25.6 Å². The summed E-state index contributed by atoms with van der Waals surface area (Å²) < 4.78 is 0. The molecule has 5 heteroatoms. The molecule has 0 atom stereocenters. The van der Waals surface area contributed by atoms with Crippen molar-refractivity contribution in [3.05, 3.63) is 0 Å². The largest absolute Gasteiger partial charge is 0.357 e. The van der Waals surface area contributed by atoms with E-state index in [9.17, 15) is 4.79 Å². The van der Waals surface area contributed by atoms with Crippen LogP contribution in [0, 0.1) is 0 Å². The number of amides is 1. The van der Waals surface area contributed by atoms with Crippen molar-refractivity contribution in [2.45, 2.75) is 27.2 Å². The molecule has 0 bridgehead atoms. The molecule has 0 rings (SSSR count). The molecule has 5 nitrogen and oxygen atoms in total. The van der Waals surface area contributed by atoms with Gasteiger partial charge in [0.2, 0.25) is 5.91 Å². The average Bonchev–Trinajstić information content (AvgIpc) is 2.29. The Morgan fingerprint density at radius 3 is 2.18 bits per heavy atom. The van der Waals surface area contributed by atoms with Gasteiger partial charge in [-0.25, -0.2) is 0 Å². The summed E-state index contributed by atoms with van der Waals surface area (Å²) in [6.07, 6.45) is 0.477. The van der Waals surface area contributed by atoms with E-state index in [1.165, 1.54) is 0 Å². The van der Waals surface area contributed by atoms with Crippen molar-refractivity contribution in [2.75, 3.05) is 40.3 Å². The minimum Gasteiger partial charge on any atom is -0.357 e. The van der Waals surface area contributed by atoms with Crippen LogP contribution in [0.1, 0.15) is 27.2 Å². The molecule has 0 aliphatic carbocycles. The highest BCUT2D eigenvalue weighted by Crippen LogP contribution is 1.94. The Morgan fingerprint density at radius 1 is 1.18 bits per heavy atom. The minimum absolute atomic E-state index is 0.174. The van der Waals surface area contributed by atoms with Crippen molar-refractivity contribution in [3.63, 3.8) is 0 Å². The summed E-state index contributed by atoms with van der Waals surface area (Å²) in [6, 6.07) is 0. The zero-order valence-corrected chi connectivity index (χ0v) is 11.8. The highest BCUT2D eigenvalue weighted by atomic mass is 16.2. The molecule has 0 aliphatic heterocycles. The second kappa shape index (κ2) is 8.84. The maximum Gasteiger partial charge on any atom is 0.224 e. The van der Waals surface area contributed by atoms with Crippen molar-refractivity contribution in [1.29, 1.82) is 0 Å². The standard InChI is InChI=1S/C12H26N4O/c1-6-13-12(15(4)5)14-10-9-11(17)16(7-2)8-3/h6-10H2,1-5H3,(H,13,14). The van der Waals surface area contributed by atoms with Crippen LogP contribution < -0.4 is 5.32 Å². The Hall–Kier alpha value is -1.26. The summed E-state index contributed by atoms with van der Waals surface area (Å²) in [5, 5.41) is 3.16. The third-order valence-corrected chi connectivity index (χ3v) is 2.46. The molecule has 0 aromatic heterocycles. The number of carbonyl (C=O) groups is 1. The van der Waals surface area contributed by atoms with E-state index >= 15 is 0 Å². The summed E-state index contributed by atoms with van der Waals surface area (Å²) in [5.41, 5.74) is 0. The fraction of sp³-hybridized carbons (Fsp3) is 0.833. The quantitative estimate of drug-likeness (QED) is 0.553. The molecule has 0 saturated heterocycles. The number of carbonyl (C=O) groups excluding carboxylic acids is 1. The topological polar surface area (TPSA) is 47.9 Å². The first-order chi connectivity index (χ1) is 8.06. The SMILES string of the molecule is CCNC(=NCCC(=O)N(CC)CC)N(C)C. The van der Waals surface area contributed by atoms with E-state index in [-0.39, 0.29) is 5.91 Å². The van der Waals surface area contributed by atoms with Gasteiger partial charge in [-0.05, 0) is 20.8 Å². The number of nitrogens with one attached hydrogen (secondary N) is 1. The highest BCUT2D eigenvalue weighted by Gasteiger charge is 2.08. The van der Waals surface area contributed by atoms with Crippen molar-refractivity contribution in [2.24, 2.45) is 4.99 Å². The lowest BCUT2D eigenvalue weighted by atomic mass is 10.3. The van der Waals surface area contributed by atoms with Gasteiger partial charge in [0.05, 0.1) is 6.54 Å². The van der Waals surface area contributed by atoms with Crippen LogP contribution in [0.25, 0.3) is 0 Å². The van der Waals surface area contributed by atoms with Gasteiger partial charge in [0.15, 0.2) is 5.96 Å². The molecule has 1 amide bonds. The average molecular weight is 242 g/mol. The van der Waals surface area contributed by atoms with Crippen LogP contribution in [0.2, 0.25) is 0 Å². The third-order valence-electron chi connectivity index (χ3n) is 2.46. The summed E-state index contributed by atoms with van der Waals surface area (Å²) >= 11 is 0. The van der Waals surface area contributed by atoms with E-state index in [1.54, 1.807) is 0 Å². The fourth-order valence-electron chi connectivity index (χ4n) is 1.51. The molecule has 0 fully saturated rings. The van der Waals surface area contributed by atoms with E-state index in [0.29, 0.717) is 13.0 Å². The van der Waals surface area contributed by atoms with Crippen LogP contribution in [-0.4, -0.2) is 61.9 Å². The van der Waals surface area contributed by atoms with Crippen LogP contribution >= 0.6 is 0 Å². The lowest BCUT2D eigenvalue weighted by molar-refractivity contribution is -0.130. The summed E-state index contributed by atoms with van der Waals surface area (Å²) in [4.78, 5) is 19.9. The van der Waals surface area contributed by atoms with Gasteiger partial charge in [-0.1, -0.05) is 0 Å². The number of aliphatic imine (C=N–C) groups is 1. The number of nitrogens with zero attached hydrogens (tertiary/aromatic N) is 3. The molecule has 0 radical (unpaired) electrons. The lowest BCUT2D eigenvalue weighted by Crippen LogP contribution is -2.36. The summed E-state index contributed by atoms with van der Waals surface area (Å²) in [7, 11) is 3.88. The van der Waals surface area contributed by atoms with Crippen LogP contribution in [-0.2, 0) is 4.79 Å². The molecular formula is C12H26N4O. The Labute approximate surface area is 105 Å². The number of rotatable bonds is 6. The van der Waals surface area contributed by atoms with Gasteiger partial charge in [0.1, 0.15) is 0 Å². The second-order valence-corrected chi connectivity index (χ2v) is 3.95. The van der Waals surface area contributed by atoms with Crippen LogP contribution in [0.5, 0.6) is 0 Å². The van der Waals surface area contributed by atoms with Gasteiger partial charge in [-0.2, -0.15) is 0 Å². The molecule has 1 N–H and O–H groups in total.